The molecule has 3 heterocycles. The highest BCUT2D eigenvalue weighted by Crippen LogP contribution is 2.47. The molecule has 3 aliphatic rings. The van der Waals surface area contributed by atoms with Gasteiger partial charge in [0.1, 0.15) is 6.04 Å². The second-order valence-corrected chi connectivity index (χ2v) is 7.65. The Hall–Kier alpha value is -0.500. The number of halogens is 1. The maximum absolute atomic E-state index is 12.4. The molecule has 0 aromatic rings. The smallest absolute Gasteiger partial charge is 0.243 e. The number of fused-ring (bicyclic) bond motifs is 1. The van der Waals surface area contributed by atoms with Gasteiger partial charge in [-0.2, -0.15) is 0 Å². The summed E-state index contributed by atoms with van der Waals surface area (Å²) in [5, 5.41) is 6.33. The van der Waals surface area contributed by atoms with Crippen molar-refractivity contribution in [3.63, 3.8) is 0 Å². The van der Waals surface area contributed by atoms with Crippen molar-refractivity contribution in [1.82, 2.24) is 20.4 Å². The molecular formula is C14H25ClN4O2S. The standard InChI is InChI=1S/C14H24N4O2S.ClH/c1-14-3-2-12(19)18(14)11(10-21-14)13(20)16-6-9-17-7-4-15-5-8-17;/h11,15H,2-10H2,1H3,(H,16,20);1H. The molecular weight excluding hydrogens is 324 g/mol. The Morgan fingerprint density at radius 2 is 2.18 bits per heavy atom. The van der Waals surface area contributed by atoms with Gasteiger partial charge in [-0.25, -0.2) is 0 Å². The Bertz CT molecular complexity index is 433. The quantitative estimate of drug-likeness (QED) is 0.742. The first-order valence-electron chi connectivity index (χ1n) is 7.77. The van der Waals surface area contributed by atoms with Crippen LogP contribution in [0.25, 0.3) is 0 Å². The van der Waals surface area contributed by atoms with Crippen molar-refractivity contribution >= 4 is 36.0 Å². The summed E-state index contributed by atoms with van der Waals surface area (Å²) in [7, 11) is 0. The number of hydrogen-bond donors (Lipinski definition) is 2. The number of hydrogen-bond acceptors (Lipinski definition) is 5. The summed E-state index contributed by atoms with van der Waals surface area (Å²) < 4.78 is 0. The van der Waals surface area contributed by atoms with Crippen molar-refractivity contribution in [2.45, 2.75) is 30.7 Å². The molecule has 22 heavy (non-hydrogen) atoms. The third-order valence-electron chi connectivity index (χ3n) is 4.68. The summed E-state index contributed by atoms with van der Waals surface area (Å²) in [4.78, 5) is 28.4. The van der Waals surface area contributed by atoms with E-state index in [4.69, 9.17) is 0 Å². The lowest BCUT2D eigenvalue weighted by atomic mass is 10.2. The van der Waals surface area contributed by atoms with Gasteiger partial charge in [0, 0.05) is 51.4 Å². The topological polar surface area (TPSA) is 64.7 Å². The monoisotopic (exact) mass is 348 g/mol. The number of piperazine rings is 1. The predicted molar refractivity (Wildman–Crippen MR) is 90.3 cm³/mol. The van der Waals surface area contributed by atoms with Gasteiger partial charge in [0.05, 0.1) is 4.87 Å². The molecule has 6 nitrogen and oxygen atoms in total. The summed E-state index contributed by atoms with van der Waals surface area (Å²) in [5.74, 6) is 0.864. The van der Waals surface area contributed by atoms with Crippen LogP contribution in [-0.2, 0) is 9.59 Å². The molecule has 0 aromatic heterocycles. The zero-order valence-corrected chi connectivity index (χ0v) is 14.6. The summed E-state index contributed by atoms with van der Waals surface area (Å²) in [6.45, 7) is 7.76. The molecule has 0 bridgehead atoms. The van der Waals surface area contributed by atoms with Crippen molar-refractivity contribution in [2.75, 3.05) is 45.0 Å². The Balaban J connectivity index is 0.00000176. The summed E-state index contributed by atoms with van der Waals surface area (Å²) in [6.07, 6.45) is 1.44. The first-order valence-corrected chi connectivity index (χ1v) is 8.76. The molecule has 3 rings (SSSR count). The van der Waals surface area contributed by atoms with Crippen LogP contribution in [0, 0.1) is 0 Å². The van der Waals surface area contributed by atoms with Crippen LogP contribution in [0.1, 0.15) is 19.8 Å². The van der Waals surface area contributed by atoms with Crippen LogP contribution in [0.2, 0.25) is 0 Å². The van der Waals surface area contributed by atoms with Crippen LogP contribution < -0.4 is 10.6 Å². The van der Waals surface area contributed by atoms with Crippen LogP contribution in [0.3, 0.4) is 0 Å². The minimum absolute atomic E-state index is 0. The maximum Gasteiger partial charge on any atom is 0.243 e. The van der Waals surface area contributed by atoms with Crippen LogP contribution in [0.5, 0.6) is 0 Å². The van der Waals surface area contributed by atoms with Crippen molar-refractivity contribution in [2.24, 2.45) is 0 Å². The Morgan fingerprint density at radius 1 is 1.45 bits per heavy atom. The first kappa shape index (κ1) is 17.8. The molecule has 2 amide bonds. The molecule has 2 atom stereocenters. The van der Waals surface area contributed by atoms with Crippen LogP contribution in [0.4, 0.5) is 0 Å². The van der Waals surface area contributed by atoms with Crippen molar-refractivity contribution in [3.05, 3.63) is 0 Å². The van der Waals surface area contributed by atoms with E-state index in [1.165, 1.54) is 0 Å². The third kappa shape index (κ3) is 3.53. The van der Waals surface area contributed by atoms with E-state index in [0.29, 0.717) is 13.0 Å². The van der Waals surface area contributed by atoms with E-state index in [2.05, 4.69) is 22.5 Å². The summed E-state index contributed by atoms with van der Waals surface area (Å²) >= 11 is 1.74. The first-order chi connectivity index (χ1) is 10.1. The van der Waals surface area contributed by atoms with Crippen molar-refractivity contribution < 1.29 is 9.59 Å². The van der Waals surface area contributed by atoms with Crippen molar-refractivity contribution in [3.8, 4) is 0 Å². The van der Waals surface area contributed by atoms with E-state index < -0.39 is 0 Å². The Kier molecular flexibility index (Phi) is 5.99. The molecule has 2 unspecified atom stereocenters. The average Bonchev–Trinajstić information content (AvgIpc) is 2.97. The highest BCUT2D eigenvalue weighted by Gasteiger charge is 2.52. The van der Waals surface area contributed by atoms with Gasteiger partial charge in [0.2, 0.25) is 11.8 Å². The highest BCUT2D eigenvalue weighted by molar-refractivity contribution is 8.01. The van der Waals surface area contributed by atoms with Gasteiger partial charge in [-0.15, -0.1) is 24.2 Å². The number of thioether (sulfide) groups is 1. The van der Waals surface area contributed by atoms with Crippen molar-refractivity contribution in [1.29, 1.82) is 0 Å². The third-order valence-corrected chi connectivity index (χ3v) is 6.19. The largest absolute Gasteiger partial charge is 0.353 e. The van der Waals surface area contributed by atoms with E-state index >= 15 is 0 Å². The zero-order valence-electron chi connectivity index (χ0n) is 13.0. The van der Waals surface area contributed by atoms with Gasteiger partial charge in [-0.1, -0.05) is 0 Å². The van der Waals surface area contributed by atoms with Crippen LogP contribution >= 0.6 is 24.2 Å². The molecule has 0 aliphatic carbocycles. The Labute approximate surface area is 142 Å². The van der Waals surface area contributed by atoms with Gasteiger partial charge >= 0.3 is 0 Å². The zero-order chi connectivity index (χ0) is 14.9. The molecule has 126 valence electrons. The number of carbonyl (C=O) groups is 2. The van der Waals surface area contributed by atoms with Crippen LogP contribution in [-0.4, -0.2) is 77.5 Å². The SMILES string of the molecule is CC12CCC(=O)N1C(C(=O)NCCN1CCNCC1)CS2.Cl. The predicted octanol–water partition coefficient (Wildman–Crippen LogP) is -0.116. The highest BCUT2D eigenvalue weighted by atomic mass is 35.5. The molecule has 0 saturated carbocycles. The molecule has 2 N–H and O–H groups in total. The number of carbonyl (C=O) groups excluding carboxylic acids is 2. The second-order valence-electron chi connectivity index (χ2n) is 6.15. The lowest BCUT2D eigenvalue weighted by Crippen LogP contribution is -2.52. The summed E-state index contributed by atoms with van der Waals surface area (Å²) in [6, 6.07) is -0.280. The number of amides is 2. The fraction of sp³-hybridized carbons (Fsp3) is 0.857. The average molecular weight is 349 g/mol. The minimum atomic E-state index is -0.280. The van der Waals surface area contributed by atoms with Crippen LogP contribution in [0.15, 0.2) is 0 Å². The fourth-order valence-corrected chi connectivity index (χ4v) is 4.84. The maximum atomic E-state index is 12.4. The number of nitrogens with zero attached hydrogens (tertiary/aromatic N) is 2. The normalized spacial score (nSPS) is 31.8. The minimum Gasteiger partial charge on any atom is -0.353 e. The summed E-state index contributed by atoms with van der Waals surface area (Å²) in [5.41, 5.74) is 0. The van der Waals surface area contributed by atoms with Gasteiger partial charge in [0.15, 0.2) is 0 Å². The van der Waals surface area contributed by atoms with Gasteiger partial charge in [-0.3, -0.25) is 14.5 Å². The lowest BCUT2D eigenvalue weighted by Gasteiger charge is -2.30. The van der Waals surface area contributed by atoms with Gasteiger partial charge in [0.25, 0.3) is 0 Å². The lowest BCUT2D eigenvalue weighted by molar-refractivity contribution is -0.137. The molecule has 3 aliphatic heterocycles. The van der Waals surface area contributed by atoms with E-state index in [0.717, 1.165) is 44.9 Å². The number of nitrogens with one attached hydrogen (secondary N) is 2. The fourth-order valence-electron chi connectivity index (χ4n) is 3.40. The molecule has 0 spiro atoms. The molecule has 8 heteroatoms. The van der Waals surface area contributed by atoms with Gasteiger partial charge < -0.3 is 15.5 Å². The van der Waals surface area contributed by atoms with E-state index in [1.807, 2.05) is 4.90 Å². The molecule has 0 aromatic carbocycles. The molecule has 3 fully saturated rings. The molecule has 3 saturated heterocycles. The Morgan fingerprint density at radius 3 is 2.91 bits per heavy atom. The molecule has 0 radical (unpaired) electrons. The van der Waals surface area contributed by atoms with Gasteiger partial charge in [-0.05, 0) is 13.3 Å². The van der Waals surface area contributed by atoms with E-state index in [1.54, 1.807) is 11.8 Å². The van der Waals surface area contributed by atoms with E-state index in [-0.39, 0.29) is 35.1 Å². The second kappa shape index (κ2) is 7.38. The number of rotatable bonds is 4. The van der Waals surface area contributed by atoms with E-state index in [9.17, 15) is 9.59 Å².